The van der Waals surface area contributed by atoms with Crippen molar-refractivity contribution in [2.75, 3.05) is 13.2 Å². The summed E-state index contributed by atoms with van der Waals surface area (Å²) in [5.41, 5.74) is 1.20. The van der Waals surface area contributed by atoms with Gasteiger partial charge in [-0.1, -0.05) is 18.2 Å². The number of benzene rings is 2. The number of aromatic carboxylic acids is 1. The number of amides is 1. The molecule has 0 saturated carbocycles. The zero-order valence-electron chi connectivity index (χ0n) is 13.7. The highest BCUT2D eigenvalue weighted by Gasteiger charge is 2.04. The molecule has 0 unspecified atom stereocenters. The van der Waals surface area contributed by atoms with Crippen LogP contribution in [0, 0.1) is 5.82 Å². The minimum absolute atomic E-state index is 0.0787. The molecule has 0 aliphatic carbocycles. The van der Waals surface area contributed by atoms with Gasteiger partial charge in [0.05, 0.1) is 12.2 Å². The molecule has 2 N–H and O–H groups in total. The lowest BCUT2D eigenvalue weighted by molar-refractivity contribution is -0.121. The second-order valence-corrected chi connectivity index (χ2v) is 5.51. The average molecular weight is 345 g/mol. The number of rotatable bonds is 9. The molecule has 0 heterocycles. The fourth-order valence-corrected chi connectivity index (χ4v) is 2.23. The van der Waals surface area contributed by atoms with Crippen molar-refractivity contribution in [1.82, 2.24) is 5.32 Å². The Morgan fingerprint density at radius 3 is 2.56 bits per heavy atom. The SMILES string of the molecule is O=C(CCCOc1cccc(F)c1)NCCc1ccc(C(=O)O)cc1. The summed E-state index contributed by atoms with van der Waals surface area (Å²) >= 11 is 0. The minimum Gasteiger partial charge on any atom is -0.493 e. The molecule has 0 saturated heterocycles. The van der Waals surface area contributed by atoms with Crippen molar-refractivity contribution in [3.8, 4) is 5.75 Å². The number of carboxylic acid groups (broad SMARTS) is 1. The average Bonchev–Trinajstić information content (AvgIpc) is 2.59. The lowest BCUT2D eigenvalue weighted by Crippen LogP contribution is -2.25. The van der Waals surface area contributed by atoms with Crippen LogP contribution in [0.5, 0.6) is 5.75 Å². The minimum atomic E-state index is -0.958. The summed E-state index contributed by atoms with van der Waals surface area (Å²) in [6, 6.07) is 12.4. The number of hydrogen-bond acceptors (Lipinski definition) is 3. The van der Waals surface area contributed by atoms with Crippen molar-refractivity contribution < 1.29 is 23.8 Å². The van der Waals surface area contributed by atoms with E-state index in [-0.39, 0.29) is 17.3 Å². The Balaban J connectivity index is 1.60. The maximum absolute atomic E-state index is 13.0. The number of hydrogen-bond donors (Lipinski definition) is 2. The molecular weight excluding hydrogens is 325 g/mol. The molecule has 0 spiro atoms. The van der Waals surface area contributed by atoms with Gasteiger partial charge in [0, 0.05) is 19.0 Å². The smallest absolute Gasteiger partial charge is 0.335 e. The fourth-order valence-electron chi connectivity index (χ4n) is 2.23. The van der Waals surface area contributed by atoms with Gasteiger partial charge in [-0.3, -0.25) is 4.79 Å². The highest BCUT2D eigenvalue weighted by Crippen LogP contribution is 2.12. The van der Waals surface area contributed by atoms with Gasteiger partial charge in [0.15, 0.2) is 0 Å². The molecule has 2 aromatic rings. The molecule has 0 aliphatic heterocycles. The molecule has 0 fully saturated rings. The van der Waals surface area contributed by atoms with Gasteiger partial charge in [-0.25, -0.2) is 9.18 Å². The van der Waals surface area contributed by atoms with Gasteiger partial charge in [0.2, 0.25) is 5.91 Å². The number of ether oxygens (including phenoxy) is 1. The Hall–Kier alpha value is -2.89. The molecule has 6 heteroatoms. The summed E-state index contributed by atoms with van der Waals surface area (Å²) in [6.07, 6.45) is 1.49. The molecular formula is C19H20FNO4. The fraction of sp³-hybridized carbons (Fsp3) is 0.263. The molecule has 1 amide bonds. The Bertz CT molecular complexity index is 716. The highest BCUT2D eigenvalue weighted by atomic mass is 19.1. The first-order chi connectivity index (χ1) is 12.0. The first-order valence-corrected chi connectivity index (χ1v) is 8.02. The van der Waals surface area contributed by atoms with Crippen LogP contribution in [0.2, 0.25) is 0 Å². The largest absolute Gasteiger partial charge is 0.493 e. The highest BCUT2D eigenvalue weighted by molar-refractivity contribution is 5.87. The molecule has 0 radical (unpaired) electrons. The summed E-state index contributed by atoms with van der Waals surface area (Å²) in [4.78, 5) is 22.5. The van der Waals surface area contributed by atoms with Crippen LogP contribution < -0.4 is 10.1 Å². The second kappa shape index (κ2) is 9.42. The number of carbonyl (C=O) groups is 2. The normalized spacial score (nSPS) is 10.3. The number of carboxylic acids is 1. The molecule has 0 aromatic heterocycles. The topological polar surface area (TPSA) is 75.6 Å². The van der Waals surface area contributed by atoms with Gasteiger partial charge >= 0.3 is 5.97 Å². The van der Waals surface area contributed by atoms with Gasteiger partial charge in [-0.05, 0) is 42.7 Å². The van der Waals surface area contributed by atoms with E-state index in [2.05, 4.69) is 5.32 Å². The van der Waals surface area contributed by atoms with Crippen molar-refractivity contribution in [1.29, 1.82) is 0 Å². The van der Waals surface area contributed by atoms with Crippen LogP contribution in [0.15, 0.2) is 48.5 Å². The number of nitrogens with one attached hydrogen (secondary N) is 1. The van der Waals surface area contributed by atoms with Gasteiger partial charge < -0.3 is 15.2 Å². The van der Waals surface area contributed by atoms with E-state index in [1.54, 1.807) is 36.4 Å². The first kappa shape index (κ1) is 18.4. The third kappa shape index (κ3) is 6.63. The molecule has 0 bridgehead atoms. The quantitative estimate of drug-likeness (QED) is 0.685. The number of carbonyl (C=O) groups excluding carboxylic acids is 1. The van der Waals surface area contributed by atoms with E-state index in [0.29, 0.717) is 38.2 Å². The Labute approximate surface area is 145 Å². The van der Waals surface area contributed by atoms with Crippen molar-refractivity contribution in [2.45, 2.75) is 19.3 Å². The van der Waals surface area contributed by atoms with Crippen molar-refractivity contribution in [3.05, 3.63) is 65.5 Å². The summed E-state index contributed by atoms with van der Waals surface area (Å²) in [5.74, 6) is -0.942. The predicted molar refractivity (Wildman–Crippen MR) is 91.2 cm³/mol. The van der Waals surface area contributed by atoms with Gasteiger partial charge in [-0.15, -0.1) is 0 Å². The van der Waals surface area contributed by atoms with E-state index in [1.807, 2.05) is 0 Å². The van der Waals surface area contributed by atoms with E-state index < -0.39 is 5.97 Å². The van der Waals surface area contributed by atoms with Crippen LogP contribution >= 0.6 is 0 Å². The molecule has 0 aliphatic rings. The monoisotopic (exact) mass is 345 g/mol. The zero-order chi connectivity index (χ0) is 18.1. The number of halogens is 1. The molecule has 25 heavy (non-hydrogen) atoms. The second-order valence-electron chi connectivity index (χ2n) is 5.51. The van der Waals surface area contributed by atoms with Crippen molar-refractivity contribution >= 4 is 11.9 Å². The third-order valence-electron chi connectivity index (χ3n) is 3.55. The van der Waals surface area contributed by atoms with E-state index >= 15 is 0 Å². The van der Waals surface area contributed by atoms with Crippen LogP contribution in [0.4, 0.5) is 4.39 Å². The Morgan fingerprint density at radius 1 is 1.12 bits per heavy atom. The lowest BCUT2D eigenvalue weighted by atomic mass is 10.1. The standard InChI is InChI=1S/C19H20FNO4/c20-16-3-1-4-17(13-16)25-12-2-5-18(22)21-11-10-14-6-8-15(9-7-14)19(23)24/h1,3-4,6-9,13H,2,5,10-12H2,(H,21,22)(H,23,24). The van der Waals surface area contributed by atoms with Crippen LogP contribution in [-0.4, -0.2) is 30.1 Å². The third-order valence-corrected chi connectivity index (χ3v) is 3.55. The van der Waals surface area contributed by atoms with Crippen LogP contribution in [0.3, 0.4) is 0 Å². The Morgan fingerprint density at radius 2 is 1.88 bits per heavy atom. The molecule has 0 atom stereocenters. The van der Waals surface area contributed by atoms with Crippen LogP contribution in [0.25, 0.3) is 0 Å². The maximum Gasteiger partial charge on any atom is 0.335 e. The molecule has 5 nitrogen and oxygen atoms in total. The summed E-state index contributed by atoms with van der Waals surface area (Å²) in [5, 5.41) is 11.6. The molecule has 2 rings (SSSR count). The first-order valence-electron chi connectivity index (χ1n) is 8.02. The van der Waals surface area contributed by atoms with Crippen molar-refractivity contribution in [3.63, 3.8) is 0 Å². The van der Waals surface area contributed by atoms with Crippen LogP contribution in [-0.2, 0) is 11.2 Å². The predicted octanol–water partition coefficient (Wildman–Crippen LogP) is 3.04. The van der Waals surface area contributed by atoms with Gasteiger partial charge in [-0.2, -0.15) is 0 Å². The maximum atomic E-state index is 13.0. The van der Waals surface area contributed by atoms with Gasteiger partial charge in [0.1, 0.15) is 11.6 Å². The summed E-state index contributed by atoms with van der Waals surface area (Å²) in [6.45, 7) is 0.823. The van der Waals surface area contributed by atoms with Crippen LogP contribution in [0.1, 0.15) is 28.8 Å². The molecule has 132 valence electrons. The van der Waals surface area contributed by atoms with Crippen molar-refractivity contribution in [2.24, 2.45) is 0 Å². The summed E-state index contributed by atoms with van der Waals surface area (Å²) in [7, 11) is 0. The van der Waals surface area contributed by atoms with E-state index in [1.165, 1.54) is 12.1 Å². The van der Waals surface area contributed by atoms with Gasteiger partial charge in [0.25, 0.3) is 0 Å². The lowest BCUT2D eigenvalue weighted by Gasteiger charge is -2.07. The van der Waals surface area contributed by atoms with E-state index in [4.69, 9.17) is 9.84 Å². The van der Waals surface area contributed by atoms with E-state index in [9.17, 15) is 14.0 Å². The molecule has 2 aromatic carbocycles. The Kier molecular flexibility index (Phi) is 6.95. The zero-order valence-corrected chi connectivity index (χ0v) is 13.7. The van der Waals surface area contributed by atoms with E-state index in [0.717, 1.165) is 5.56 Å². The summed E-state index contributed by atoms with van der Waals surface area (Å²) < 4.78 is 18.3.